The first kappa shape index (κ1) is 13.5. The van der Waals surface area contributed by atoms with E-state index in [1.807, 2.05) is 0 Å². The highest BCUT2D eigenvalue weighted by molar-refractivity contribution is 5.84. The van der Waals surface area contributed by atoms with E-state index in [1.165, 1.54) is 6.42 Å². The van der Waals surface area contributed by atoms with E-state index < -0.39 is 5.54 Å². The number of aliphatic hydroxyl groups excluding tert-OH is 1. The summed E-state index contributed by atoms with van der Waals surface area (Å²) >= 11 is 0. The minimum atomic E-state index is -0.814. The van der Waals surface area contributed by atoms with Gasteiger partial charge in [-0.3, -0.25) is 4.79 Å². The highest BCUT2D eigenvalue weighted by Crippen LogP contribution is 2.26. The van der Waals surface area contributed by atoms with Gasteiger partial charge in [0.05, 0.1) is 11.6 Å². The van der Waals surface area contributed by atoms with Crippen LogP contribution < -0.4 is 11.1 Å². The van der Waals surface area contributed by atoms with E-state index >= 15 is 0 Å². The molecule has 0 bridgehead atoms. The number of nitrogens with two attached hydrogens (primary N) is 1. The summed E-state index contributed by atoms with van der Waals surface area (Å²) in [4.78, 5) is 11.5. The maximum absolute atomic E-state index is 11.5. The maximum Gasteiger partial charge on any atom is 0.239 e. The number of amides is 1. The second kappa shape index (κ2) is 5.64. The summed E-state index contributed by atoms with van der Waals surface area (Å²) in [6.07, 6.45) is 4.96. The van der Waals surface area contributed by atoms with Gasteiger partial charge < -0.3 is 16.2 Å². The van der Waals surface area contributed by atoms with Crippen molar-refractivity contribution in [1.82, 2.24) is 5.32 Å². The molecule has 4 N–H and O–H groups in total. The molecule has 1 rings (SSSR count). The second-order valence-electron chi connectivity index (χ2n) is 5.38. The Bertz CT molecular complexity index is 236. The fourth-order valence-electron chi connectivity index (χ4n) is 2.12. The fraction of sp³-hybridized carbons (Fsp3) is 0.917. The number of hydrogen-bond acceptors (Lipinski definition) is 3. The lowest BCUT2D eigenvalue weighted by Gasteiger charge is -2.28. The van der Waals surface area contributed by atoms with E-state index in [0.717, 1.165) is 25.7 Å². The molecule has 2 unspecified atom stereocenters. The Kier molecular flexibility index (Phi) is 4.74. The van der Waals surface area contributed by atoms with Crippen LogP contribution in [0.3, 0.4) is 0 Å². The largest absolute Gasteiger partial charge is 0.393 e. The molecule has 0 aromatic rings. The Morgan fingerprint density at radius 3 is 2.62 bits per heavy atom. The predicted molar refractivity (Wildman–Crippen MR) is 63.9 cm³/mol. The predicted octanol–water partition coefficient (Wildman–Crippen LogP) is 0.781. The molecule has 0 heterocycles. The maximum atomic E-state index is 11.5. The van der Waals surface area contributed by atoms with Crippen molar-refractivity contribution in [3.63, 3.8) is 0 Å². The summed E-state index contributed by atoms with van der Waals surface area (Å²) in [5, 5.41) is 12.6. The topological polar surface area (TPSA) is 75.4 Å². The third-order valence-electron chi connectivity index (χ3n) is 3.25. The first-order valence-corrected chi connectivity index (χ1v) is 6.16. The van der Waals surface area contributed by atoms with Gasteiger partial charge in [0.1, 0.15) is 0 Å². The number of carbonyl (C=O) groups is 1. The van der Waals surface area contributed by atoms with Crippen molar-refractivity contribution in [2.75, 3.05) is 6.54 Å². The van der Waals surface area contributed by atoms with Crippen LogP contribution in [0, 0.1) is 5.92 Å². The molecule has 2 atom stereocenters. The molecule has 94 valence electrons. The van der Waals surface area contributed by atoms with Gasteiger partial charge in [-0.05, 0) is 39.0 Å². The van der Waals surface area contributed by atoms with Crippen LogP contribution in [-0.4, -0.2) is 29.2 Å². The van der Waals surface area contributed by atoms with E-state index in [1.54, 1.807) is 13.8 Å². The van der Waals surface area contributed by atoms with Gasteiger partial charge in [-0.25, -0.2) is 0 Å². The van der Waals surface area contributed by atoms with Gasteiger partial charge in [0.2, 0.25) is 5.91 Å². The zero-order chi connectivity index (χ0) is 12.2. The van der Waals surface area contributed by atoms with E-state index in [-0.39, 0.29) is 12.0 Å². The van der Waals surface area contributed by atoms with E-state index in [0.29, 0.717) is 12.5 Å². The van der Waals surface area contributed by atoms with E-state index in [4.69, 9.17) is 5.73 Å². The van der Waals surface area contributed by atoms with Gasteiger partial charge in [0.15, 0.2) is 0 Å². The molecule has 0 radical (unpaired) electrons. The van der Waals surface area contributed by atoms with Crippen molar-refractivity contribution in [2.24, 2.45) is 11.7 Å². The first-order chi connectivity index (χ1) is 7.41. The Hall–Kier alpha value is -0.610. The molecule has 1 aliphatic rings. The molecule has 0 aromatic heterocycles. The highest BCUT2D eigenvalue weighted by atomic mass is 16.3. The summed E-state index contributed by atoms with van der Waals surface area (Å²) < 4.78 is 0. The van der Waals surface area contributed by atoms with Gasteiger partial charge in [-0.15, -0.1) is 0 Å². The number of nitrogens with one attached hydrogen (secondary N) is 1. The van der Waals surface area contributed by atoms with Crippen LogP contribution in [0.15, 0.2) is 0 Å². The van der Waals surface area contributed by atoms with Crippen molar-refractivity contribution in [1.29, 1.82) is 0 Å². The molecule has 1 fully saturated rings. The number of carbonyl (C=O) groups excluding carboxylic acids is 1. The lowest BCUT2D eigenvalue weighted by Crippen LogP contribution is -2.49. The summed E-state index contributed by atoms with van der Waals surface area (Å²) in [6.45, 7) is 4.00. The number of hydrogen-bond donors (Lipinski definition) is 3. The van der Waals surface area contributed by atoms with Crippen molar-refractivity contribution in [3.05, 3.63) is 0 Å². The van der Waals surface area contributed by atoms with Crippen LogP contribution in [0.4, 0.5) is 0 Å². The van der Waals surface area contributed by atoms with Gasteiger partial charge in [0.25, 0.3) is 0 Å². The average molecular weight is 228 g/mol. The highest BCUT2D eigenvalue weighted by Gasteiger charge is 2.24. The van der Waals surface area contributed by atoms with Gasteiger partial charge >= 0.3 is 0 Å². The SMILES string of the molecule is CC(C)(N)C(=O)NCCC1CCCCC1O. The monoisotopic (exact) mass is 228 g/mol. The van der Waals surface area contributed by atoms with Gasteiger partial charge in [-0.1, -0.05) is 12.8 Å². The zero-order valence-electron chi connectivity index (χ0n) is 10.3. The van der Waals surface area contributed by atoms with Crippen LogP contribution in [0.5, 0.6) is 0 Å². The van der Waals surface area contributed by atoms with Crippen LogP contribution >= 0.6 is 0 Å². The number of rotatable bonds is 4. The van der Waals surface area contributed by atoms with Crippen LogP contribution in [0.1, 0.15) is 46.0 Å². The average Bonchev–Trinajstić information content (AvgIpc) is 2.19. The molecule has 0 spiro atoms. The summed E-state index contributed by atoms with van der Waals surface area (Å²) in [5.74, 6) is 0.215. The molecular formula is C12H24N2O2. The third-order valence-corrected chi connectivity index (χ3v) is 3.25. The summed E-state index contributed by atoms with van der Waals surface area (Å²) in [5.41, 5.74) is 4.85. The van der Waals surface area contributed by atoms with E-state index in [2.05, 4.69) is 5.32 Å². The quantitative estimate of drug-likeness (QED) is 0.665. The van der Waals surface area contributed by atoms with Crippen LogP contribution in [0.2, 0.25) is 0 Å². The first-order valence-electron chi connectivity index (χ1n) is 6.16. The van der Waals surface area contributed by atoms with Crippen molar-refractivity contribution in [2.45, 2.75) is 57.6 Å². The van der Waals surface area contributed by atoms with E-state index in [9.17, 15) is 9.90 Å². The minimum absolute atomic E-state index is 0.127. The van der Waals surface area contributed by atoms with Gasteiger partial charge in [0, 0.05) is 6.54 Å². The molecule has 4 nitrogen and oxygen atoms in total. The Labute approximate surface area is 97.6 Å². The zero-order valence-corrected chi connectivity index (χ0v) is 10.3. The lowest BCUT2D eigenvalue weighted by molar-refractivity contribution is -0.125. The smallest absolute Gasteiger partial charge is 0.239 e. The molecule has 16 heavy (non-hydrogen) atoms. The standard InChI is InChI=1S/C12H24N2O2/c1-12(2,13)11(16)14-8-7-9-5-3-4-6-10(9)15/h9-10,15H,3-8,13H2,1-2H3,(H,14,16). The molecule has 4 heteroatoms. The Morgan fingerprint density at radius 2 is 2.06 bits per heavy atom. The van der Waals surface area contributed by atoms with Crippen LogP contribution in [-0.2, 0) is 4.79 Å². The lowest BCUT2D eigenvalue weighted by atomic mass is 9.84. The van der Waals surface area contributed by atoms with Gasteiger partial charge in [-0.2, -0.15) is 0 Å². The van der Waals surface area contributed by atoms with Crippen molar-refractivity contribution >= 4 is 5.91 Å². The minimum Gasteiger partial charge on any atom is -0.393 e. The fourth-order valence-corrected chi connectivity index (χ4v) is 2.12. The molecule has 0 saturated heterocycles. The molecule has 0 aliphatic heterocycles. The number of aliphatic hydroxyl groups is 1. The summed E-state index contributed by atoms with van der Waals surface area (Å²) in [6, 6.07) is 0. The third kappa shape index (κ3) is 4.10. The van der Waals surface area contributed by atoms with Crippen molar-refractivity contribution < 1.29 is 9.90 Å². The molecule has 1 amide bonds. The van der Waals surface area contributed by atoms with Crippen LogP contribution in [0.25, 0.3) is 0 Å². The summed E-state index contributed by atoms with van der Waals surface area (Å²) in [7, 11) is 0. The Morgan fingerprint density at radius 1 is 1.44 bits per heavy atom. The molecule has 1 aliphatic carbocycles. The van der Waals surface area contributed by atoms with Crippen molar-refractivity contribution in [3.8, 4) is 0 Å². The molecular weight excluding hydrogens is 204 g/mol. The Balaban J connectivity index is 2.22. The molecule has 0 aromatic carbocycles. The molecule has 1 saturated carbocycles. The normalized spacial score (nSPS) is 26.5. The second-order valence-corrected chi connectivity index (χ2v) is 5.38.